The molecule has 0 fully saturated rings. The molecule has 1 aromatic heterocycles. The molecule has 2 rings (SSSR count). The van der Waals surface area contributed by atoms with Crippen LogP contribution in [0.3, 0.4) is 0 Å². The van der Waals surface area contributed by atoms with E-state index in [0.717, 1.165) is 0 Å². The SMILES string of the molecule is O=C(O)c1cc(-c2cc(O)c(O)c(Br)c2)on1. The number of benzene rings is 1. The molecular formula is C10H6BrNO5. The molecule has 3 N–H and O–H groups in total. The van der Waals surface area contributed by atoms with E-state index in [9.17, 15) is 15.0 Å². The molecule has 0 amide bonds. The molecule has 88 valence electrons. The molecule has 0 unspecified atom stereocenters. The van der Waals surface area contributed by atoms with E-state index in [2.05, 4.69) is 21.1 Å². The number of rotatable bonds is 2. The molecule has 1 aromatic carbocycles. The summed E-state index contributed by atoms with van der Waals surface area (Å²) in [5, 5.41) is 30.8. The highest BCUT2D eigenvalue weighted by Crippen LogP contribution is 2.37. The summed E-state index contributed by atoms with van der Waals surface area (Å²) >= 11 is 3.04. The van der Waals surface area contributed by atoms with Gasteiger partial charge >= 0.3 is 5.97 Å². The number of carboxylic acid groups (broad SMARTS) is 1. The molecule has 17 heavy (non-hydrogen) atoms. The summed E-state index contributed by atoms with van der Waals surface area (Å²) in [6, 6.07) is 3.94. The predicted octanol–water partition coefficient (Wildman–Crippen LogP) is 2.21. The fourth-order valence-electron chi connectivity index (χ4n) is 1.24. The minimum Gasteiger partial charge on any atom is -0.504 e. The van der Waals surface area contributed by atoms with E-state index >= 15 is 0 Å². The zero-order valence-electron chi connectivity index (χ0n) is 8.22. The van der Waals surface area contributed by atoms with Crippen LogP contribution < -0.4 is 0 Å². The third-order valence-electron chi connectivity index (χ3n) is 2.06. The molecule has 0 saturated carbocycles. The molecule has 1 heterocycles. The van der Waals surface area contributed by atoms with Crippen LogP contribution in [0.4, 0.5) is 0 Å². The van der Waals surface area contributed by atoms with Crippen molar-refractivity contribution in [3.8, 4) is 22.8 Å². The molecule has 0 spiro atoms. The largest absolute Gasteiger partial charge is 0.504 e. The number of carboxylic acids is 1. The quantitative estimate of drug-likeness (QED) is 0.735. The van der Waals surface area contributed by atoms with Gasteiger partial charge in [-0.15, -0.1) is 0 Å². The van der Waals surface area contributed by atoms with Gasteiger partial charge in [-0.3, -0.25) is 0 Å². The summed E-state index contributed by atoms with van der Waals surface area (Å²) in [6.07, 6.45) is 0. The van der Waals surface area contributed by atoms with Gasteiger partial charge in [0.15, 0.2) is 23.0 Å². The van der Waals surface area contributed by atoms with E-state index in [-0.39, 0.29) is 27.4 Å². The Morgan fingerprint density at radius 2 is 2.00 bits per heavy atom. The second kappa shape index (κ2) is 4.10. The number of phenolic OH excluding ortho intramolecular Hbond substituents is 2. The molecule has 0 aliphatic carbocycles. The van der Waals surface area contributed by atoms with Crippen LogP contribution in [-0.2, 0) is 0 Å². The Morgan fingerprint density at radius 3 is 2.53 bits per heavy atom. The van der Waals surface area contributed by atoms with Crippen LogP contribution in [0.25, 0.3) is 11.3 Å². The monoisotopic (exact) mass is 299 g/mol. The van der Waals surface area contributed by atoms with E-state index in [1.807, 2.05) is 0 Å². The number of nitrogens with zero attached hydrogens (tertiary/aromatic N) is 1. The van der Waals surface area contributed by atoms with E-state index in [1.54, 1.807) is 0 Å². The minimum atomic E-state index is -1.21. The summed E-state index contributed by atoms with van der Waals surface area (Å²) in [7, 11) is 0. The van der Waals surface area contributed by atoms with Crippen molar-refractivity contribution < 1.29 is 24.6 Å². The van der Waals surface area contributed by atoms with Crippen LogP contribution in [0.1, 0.15) is 10.5 Å². The van der Waals surface area contributed by atoms with Crippen molar-refractivity contribution in [2.45, 2.75) is 0 Å². The van der Waals surface area contributed by atoms with Gasteiger partial charge in [-0.25, -0.2) is 4.79 Å². The van der Waals surface area contributed by atoms with Crippen LogP contribution in [0.5, 0.6) is 11.5 Å². The number of aromatic nitrogens is 1. The van der Waals surface area contributed by atoms with Crippen molar-refractivity contribution in [2.75, 3.05) is 0 Å². The van der Waals surface area contributed by atoms with Crippen LogP contribution in [0, 0.1) is 0 Å². The van der Waals surface area contributed by atoms with Crippen LogP contribution in [0.15, 0.2) is 27.2 Å². The van der Waals surface area contributed by atoms with Crippen molar-refractivity contribution in [3.05, 3.63) is 28.4 Å². The zero-order chi connectivity index (χ0) is 12.6. The van der Waals surface area contributed by atoms with Gasteiger partial charge in [0.1, 0.15) is 0 Å². The first-order valence-corrected chi connectivity index (χ1v) is 5.20. The Balaban J connectivity index is 2.49. The maximum Gasteiger partial charge on any atom is 0.358 e. The van der Waals surface area contributed by atoms with E-state index in [1.165, 1.54) is 18.2 Å². The third-order valence-corrected chi connectivity index (χ3v) is 2.66. The Morgan fingerprint density at radius 1 is 1.29 bits per heavy atom. The molecule has 0 radical (unpaired) electrons. The van der Waals surface area contributed by atoms with Gasteiger partial charge in [-0.05, 0) is 28.1 Å². The molecule has 0 bridgehead atoms. The lowest BCUT2D eigenvalue weighted by molar-refractivity contribution is 0.0686. The Bertz CT molecular complexity index is 569. The van der Waals surface area contributed by atoms with Crippen molar-refractivity contribution in [1.82, 2.24) is 5.16 Å². The number of hydrogen-bond donors (Lipinski definition) is 3. The summed E-state index contributed by atoms with van der Waals surface area (Å²) in [5.74, 6) is -1.67. The molecular weight excluding hydrogens is 294 g/mol. The van der Waals surface area contributed by atoms with Crippen molar-refractivity contribution in [3.63, 3.8) is 0 Å². The van der Waals surface area contributed by atoms with Crippen LogP contribution in [-0.4, -0.2) is 26.4 Å². The van der Waals surface area contributed by atoms with Crippen molar-refractivity contribution in [1.29, 1.82) is 0 Å². The van der Waals surface area contributed by atoms with E-state index in [0.29, 0.717) is 5.56 Å². The van der Waals surface area contributed by atoms with Crippen LogP contribution in [0.2, 0.25) is 0 Å². The highest BCUT2D eigenvalue weighted by molar-refractivity contribution is 9.10. The number of carbonyl (C=O) groups is 1. The fourth-order valence-corrected chi connectivity index (χ4v) is 1.69. The second-order valence-electron chi connectivity index (χ2n) is 3.21. The third kappa shape index (κ3) is 2.09. The molecule has 7 heteroatoms. The van der Waals surface area contributed by atoms with Gasteiger partial charge in [0.2, 0.25) is 0 Å². The lowest BCUT2D eigenvalue weighted by Crippen LogP contribution is -1.94. The summed E-state index contributed by atoms with van der Waals surface area (Å²) in [6.45, 7) is 0. The summed E-state index contributed by atoms with van der Waals surface area (Å²) in [5.41, 5.74) is 0.163. The second-order valence-corrected chi connectivity index (χ2v) is 4.06. The highest BCUT2D eigenvalue weighted by Gasteiger charge is 2.15. The smallest absolute Gasteiger partial charge is 0.358 e. The highest BCUT2D eigenvalue weighted by atomic mass is 79.9. The number of aromatic carboxylic acids is 1. The average molecular weight is 300 g/mol. The maximum absolute atomic E-state index is 10.6. The van der Waals surface area contributed by atoms with E-state index < -0.39 is 5.97 Å². The number of hydrogen-bond acceptors (Lipinski definition) is 5. The van der Waals surface area contributed by atoms with Crippen molar-refractivity contribution >= 4 is 21.9 Å². The lowest BCUT2D eigenvalue weighted by Gasteiger charge is -2.02. The summed E-state index contributed by atoms with van der Waals surface area (Å²) in [4.78, 5) is 10.6. The summed E-state index contributed by atoms with van der Waals surface area (Å²) < 4.78 is 5.08. The number of halogens is 1. The van der Waals surface area contributed by atoms with Gasteiger partial charge < -0.3 is 19.8 Å². The van der Waals surface area contributed by atoms with Gasteiger partial charge in [-0.1, -0.05) is 5.16 Å². The maximum atomic E-state index is 10.6. The number of phenols is 2. The van der Waals surface area contributed by atoms with Gasteiger partial charge in [0.05, 0.1) is 4.47 Å². The Hall–Kier alpha value is -2.02. The molecule has 0 aliphatic rings. The minimum absolute atomic E-state index is 0.179. The van der Waals surface area contributed by atoms with Gasteiger partial charge in [0, 0.05) is 11.6 Å². The van der Waals surface area contributed by atoms with Gasteiger partial charge in [-0.2, -0.15) is 0 Å². The normalized spacial score (nSPS) is 10.4. The molecule has 0 saturated heterocycles. The molecule has 0 atom stereocenters. The predicted molar refractivity (Wildman–Crippen MR) is 59.9 cm³/mol. The fraction of sp³-hybridized carbons (Fsp3) is 0. The Labute approximate surface area is 103 Å². The average Bonchev–Trinajstić information content (AvgIpc) is 2.74. The Kier molecular flexibility index (Phi) is 2.76. The first kappa shape index (κ1) is 11.5. The molecule has 2 aromatic rings. The molecule has 0 aliphatic heterocycles. The topological polar surface area (TPSA) is 104 Å². The van der Waals surface area contributed by atoms with Crippen molar-refractivity contribution in [2.24, 2.45) is 0 Å². The first-order valence-electron chi connectivity index (χ1n) is 4.41. The molecule has 6 nitrogen and oxygen atoms in total. The zero-order valence-corrected chi connectivity index (χ0v) is 9.80. The van der Waals surface area contributed by atoms with E-state index in [4.69, 9.17) is 9.63 Å². The first-order chi connectivity index (χ1) is 7.99. The number of aromatic hydroxyl groups is 2. The lowest BCUT2D eigenvalue weighted by atomic mass is 10.1. The van der Waals surface area contributed by atoms with Gasteiger partial charge in [0.25, 0.3) is 0 Å². The van der Waals surface area contributed by atoms with Crippen LogP contribution >= 0.6 is 15.9 Å². The standard InChI is InChI=1S/C10H6BrNO5/c11-5-1-4(2-7(13)9(5)14)8-3-6(10(15)16)12-17-8/h1-3,13-14H,(H,15,16).